The molecular formula is C18H20ClNO2. The van der Waals surface area contributed by atoms with Gasteiger partial charge in [-0.05, 0) is 36.5 Å². The van der Waals surface area contributed by atoms with Crippen molar-refractivity contribution in [3.8, 4) is 0 Å². The summed E-state index contributed by atoms with van der Waals surface area (Å²) < 4.78 is 0. The van der Waals surface area contributed by atoms with E-state index in [1.54, 1.807) is 6.20 Å². The predicted octanol–water partition coefficient (Wildman–Crippen LogP) is 4.58. The first-order valence-electron chi connectivity index (χ1n) is 7.15. The molecule has 0 radical (unpaired) electrons. The molecule has 2 rings (SSSR count). The number of hydrogen-bond donors (Lipinski definition) is 1. The summed E-state index contributed by atoms with van der Waals surface area (Å²) in [5.74, 6) is -0.727. The van der Waals surface area contributed by atoms with E-state index < -0.39 is 5.97 Å². The van der Waals surface area contributed by atoms with Crippen molar-refractivity contribution in [1.82, 2.24) is 4.98 Å². The summed E-state index contributed by atoms with van der Waals surface area (Å²) in [6.45, 7) is 0. The topological polar surface area (TPSA) is 50.2 Å². The number of carboxylic acid groups (broad SMARTS) is 1. The quantitative estimate of drug-likeness (QED) is 0.760. The van der Waals surface area contributed by atoms with Crippen LogP contribution in [0.5, 0.6) is 0 Å². The number of unbranched alkanes of at least 4 members (excludes halogenated alkanes) is 2. The number of nitrogens with zero attached hydrogens (tertiary/aromatic N) is 1. The minimum absolute atomic E-state index is 0. The van der Waals surface area contributed by atoms with E-state index in [1.165, 1.54) is 0 Å². The number of carbonyl (C=O) groups is 1. The zero-order valence-electron chi connectivity index (χ0n) is 12.3. The first-order chi connectivity index (χ1) is 10.3. The van der Waals surface area contributed by atoms with Gasteiger partial charge in [0.25, 0.3) is 0 Å². The number of hydrogen-bond acceptors (Lipinski definition) is 2. The zero-order chi connectivity index (χ0) is 14.9. The third kappa shape index (κ3) is 5.70. The standard InChI is InChI=1S/C18H19NO2.ClH/c20-18(21)12-6-2-5-11-17(15-8-3-1-4-9-15)16-10-7-13-19-14-16;/h1,3-4,7-11,13-14H,2,5-6,12H2,(H,20,21);1H/b17-11+;. The molecule has 0 aliphatic rings. The Bertz CT molecular complexity index is 555. The largest absolute Gasteiger partial charge is 0.481 e. The van der Waals surface area contributed by atoms with E-state index in [4.69, 9.17) is 5.11 Å². The second-order valence-electron chi connectivity index (χ2n) is 4.87. The molecule has 1 aromatic heterocycles. The highest BCUT2D eigenvalue weighted by atomic mass is 35.5. The molecule has 22 heavy (non-hydrogen) atoms. The van der Waals surface area contributed by atoms with Crippen LogP contribution >= 0.6 is 12.4 Å². The van der Waals surface area contributed by atoms with E-state index >= 15 is 0 Å². The van der Waals surface area contributed by atoms with Crippen LogP contribution in [0.2, 0.25) is 0 Å². The van der Waals surface area contributed by atoms with E-state index in [1.807, 2.05) is 36.5 Å². The molecule has 4 heteroatoms. The van der Waals surface area contributed by atoms with Crippen LogP contribution < -0.4 is 0 Å². The average Bonchev–Trinajstić information content (AvgIpc) is 2.52. The van der Waals surface area contributed by atoms with Gasteiger partial charge in [-0.15, -0.1) is 12.4 Å². The summed E-state index contributed by atoms with van der Waals surface area (Å²) in [4.78, 5) is 14.7. The predicted molar refractivity (Wildman–Crippen MR) is 91.1 cm³/mol. The molecule has 1 heterocycles. The average molecular weight is 318 g/mol. The fourth-order valence-corrected chi connectivity index (χ4v) is 2.21. The highest BCUT2D eigenvalue weighted by molar-refractivity contribution is 5.85. The lowest BCUT2D eigenvalue weighted by Gasteiger charge is -2.08. The molecule has 1 aromatic carbocycles. The summed E-state index contributed by atoms with van der Waals surface area (Å²) >= 11 is 0. The van der Waals surface area contributed by atoms with Crippen molar-refractivity contribution in [3.05, 3.63) is 72.1 Å². The maximum Gasteiger partial charge on any atom is 0.303 e. The Morgan fingerprint density at radius 1 is 1.05 bits per heavy atom. The van der Waals surface area contributed by atoms with Gasteiger partial charge in [0, 0.05) is 24.4 Å². The number of aromatic nitrogens is 1. The van der Waals surface area contributed by atoms with Crippen molar-refractivity contribution in [1.29, 1.82) is 0 Å². The molecule has 0 spiro atoms. The first-order valence-corrected chi connectivity index (χ1v) is 7.15. The summed E-state index contributed by atoms with van der Waals surface area (Å²) in [5, 5.41) is 8.65. The van der Waals surface area contributed by atoms with Gasteiger partial charge in [-0.1, -0.05) is 42.5 Å². The van der Waals surface area contributed by atoms with E-state index in [2.05, 4.69) is 23.2 Å². The Kier molecular flexibility index (Phi) is 7.94. The van der Waals surface area contributed by atoms with Crippen molar-refractivity contribution in [2.45, 2.75) is 25.7 Å². The molecule has 0 bridgehead atoms. The van der Waals surface area contributed by atoms with Crippen LogP contribution in [0.3, 0.4) is 0 Å². The van der Waals surface area contributed by atoms with Crippen LogP contribution in [-0.4, -0.2) is 16.1 Å². The van der Waals surface area contributed by atoms with Gasteiger partial charge in [0.05, 0.1) is 0 Å². The summed E-state index contributed by atoms with van der Waals surface area (Å²) in [5.41, 5.74) is 3.39. The fourth-order valence-electron chi connectivity index (χ4n) is 2.21. The minimum atomic E-state index is -0.727. The second kappa shape index (κ2) is 9.74. The van der Waals surface area contributed by atoms with Crippen molar-refractivity contribution in [2.24, 2.45) is 0 Å². The van der Waals surface area contributed by atoms with Gasteiger partial charge in [-0.25, -0.2) is 0 Å². The van der Waals surface area contributed by atoms with E-state index in [-0.39, 0.29) is 18.8 Å². The summed E-state index contributed by atoms with van der Waals surface area (Å²) in [6, 6.07) is 14.2. The normalized spacial score (nSPS) is 10.8. The van der Waals surface area contributed by atoms with Crippen LogP contribution in [0.1, 0.15) is 36.8 Å². The Morgan fingerprint density at radius 3 is 2.41 bits per heavy atom. The number of aliphatic carboxylic acids is 1. The Hall–Kier alpha value is -2.13. The summed E-state index contributed by atoms with van der Waals surface area (Å²) in [7, 11) is 0. The Morgan fingerprint density at radius 2 is 1.77 bits per heavy atom. The molecule has 1 N–H and O–H groups in total. The lowest BCUT2D eigenvalue weighted by atomic mass is 9.97. The lowest BCUT2D eigenvalue weighted by molar-refractivity contribution is -0.137. The van der Waals surface area contributed by atoms with E-state index in [0.29, 0.717) is 6.42 Å². The Balaban J connectivity index is 0.00000242. The van der Waals surface area contributed by atoms with E-state index in [9.17, 15) is 4.79 Å². The van der Waals surface area contributed by atoms with Crippen LogP contribution in [0, 0.1) is 0 Å². The van der Waals surface area contributed by atoms with Gasteiger partial charge in [-0.3, -0.25) is 9.78 Å². The second-order valence-corrected chi connectivity index (χ2v) is 4.87. The molecule has 0 fully saturated rings. The number of carboxylic acids is 1. The highest BCUT2D eigenvalue weighted by Gasteiger charge is 2.04. The molecular weight excluding hydrogens is 298 g/mol. The number of rotatable bonds is 7. The fraction of sp³-hybridized carbons (Fsp3) is 0.222. The van der Waals surface area contributed by atoms with Crippen LogP contribution in [0.4, 0.5) is 0 Å². The van der Waals surface area contributed by atoms with Gasteiger partial charge in [0.15, 0.2) is 0 Å². The van der Waals surface area contributed by atoms with Gasteiger partial charge in [0.1, 0.15) is 0 Å². The molecule has 0 saturated carbocycles. The number of pyridine rings is 1. The third-order valence-electron chi connectivity index (χ3n) is 3.25. The molecule has 0 aliphatic carbocycles. The molecule has 0 amide bonds. The van der Waals surface area contributed by atoms with Crippen LogP contribution in [-0.2, 0) is 4.79 Å². The van der Waals surface area contributed by atoms with Crippen molar-refractivity contribution in [3.63, 3.8) is 0 Å². The maximum atomic E-state index is 10.5. The number of benzene rings is 1. The van der Waals surface area contributed by atoms with Crippen molar-refractivity contribution in [2.75, 3.05) is 0 Å². The van der Waals surface area contributed by atoms with Gasteiger partial charge in [-0.2, -0.15) is 0 Å². The monoisotopic (exact) mass is 317 g/mol. The highest BCUT2D eigenvalue weighted by Crippen LogP contribution is 2.23. The lowest BCUT2D eigenvalue weighted by Crippen LogP contribution is -1.93. The van der Waals surface area contributed by atoms with Crippen molar-refractivity contribution >= 4 is 23.9 Å². The smallest absolute Gasteiger partial charge is 0.303 e. The molecule has 2 aromatic rings. The summed E-state index contributed by atoms with van der Waals surface area (Å²) in [6.07, 6.45) is 8.49. The molecule has 0 saturated heterocycles. The Labute approximate surface area is 137 Å². The minimum Gasteiger partial charge on any atom is -0.481 e. The molecule has 0 unspecified atom stereocenters. The van der Waals surface area contributed by atoms with Crippen LogP contribution in [0.15, 0.2) is 60.9 Å². The molecule has 116 valence electrons. The SMILES string of the molecule is Cl.O=C(O)CCCC/C=C(\c1ccccc1)c1cccnc1. The van der Waals surface area contributed by atoms with Gasteiger partial charge in [0.2, 0.25) is 0 Å². The number of halogens is 1. The third-order valence-corrected chi connectivity index (χ3v) is 3.25. The zero-order valence-corrected chi connectivity index (χ0v) is 13.1. The van der Waals surface area contributed by atoms with Crippen molar-refractivity contribution < 1.29 is 9.90 Å². The van der Waals surface area contributed by atoms with Crippen LogP contribution in [0.25, 0.3) is 5.57 Å². The van der Waals surface area contributed by atoms with Gasteiger partial charge >= 0.3 is 5.97 Å². The number of allylic oxidation sites excluding steroid dienone is 1. The van der Waals surface area contributed by atoms with E-state index in [0.717, 1.165) is 29.5 Å². The first kappa shape index (κ1) is 17.9. The van der Waals surface area contributed by atoms with Gasteiger partial charge < -0.3 is 5.11 Å². The molecule has 0 atom stereocenters. The molecule has 3 nitrogen and oxygen atoms in total. The maximum absolute atomic E-state index is 10.5. The molecule has 0 aliphatic heterocycles.